The molecule has 0 spiro atoms. The molecule has 0 radical (unpaired) electrons. The van der Waals surface area contributed by atoms with Crippen LogP contribution in [0, 0.1) is 0 Å². The fourth-order valence-corrected chi connectivity index (χ4v) is 12.0. The lowest BCUT2D eigenvalue weighted by Gasteiger charge is -2.46. The number of fused-ring (bicyclic) bond motifs is 2. The Labute approximate surface area is 123 Å². The quantitative estimate of drug-likeness (QED) is 0.590. The molecule has 3 nitrogen and oxygen atoms in total. The minimum atomic E-state index is -1.13. The highest BCUT2D eigenvalue weighted by Crippen LogP contribution is 2.57. The van der Waals surface area contributed by atoms with E-state index in [9.17, 15) is 0 Å². The lowest BCUT2D eigenvalue weighted by molar-refractivity contribution is 0.372. The predicted molar refractivity (Wildman–Crippen MR) is 82.9 cm³/mol. The second kappa shape index (κ2) is 5.38. The fourth-order valence-electron chi connectivity index (χ4n) is 5.59. The highest BCUT2D eigenvalue weighted by Gasteiger charge is 2.55. The summed E-state index contributed by atoms with van der Waals surface area (Å²) in [5.41, 5.74) is 2.10. The molecule has 0 amide bonds. The van der Waals surface area contributed by atoms with Crippen molar-refractivity contribution < 1.29 is 14.9 Å². The van der Waals surface area contributed by atoms with Crippen LogP contribution in [-0.4, -0.2) is 38.0 Å². The van der Waals surface area contributed by atoms with Gasteiger partial charge in [0.05, 0.1) is 32.5 Å². The number of hydrogen-bond acceptors (Lipinski definition) is 2. The normalized spacial score (nSPS) is 45.9. The standard InChI is InChI=1S/C16H28O2Si.H2O/c1-3-19(4-2,11-5-7-13-15(9-11)17-13)12-6-8-14-16(10-12)18-14;/h11-16H,3-10H2,1-2H3;1H2. The summed E-state index contributed by atoms with van der Waals surface area (Å²) in [5, 5.41) is 0. The summed E-state index contributed by atoms with van der Waals surface area (Å²) in [6.45, 7) is 4.99. The predicted octanol–water partition coefficient (Wildman–Crippen LogP) is 3.29. The van der Waals surface area contributed by atoms with Gasteiger partial charge in [0.25, 0.3) is 0 Å². The molecule has 4 rings (SSSR count). The van der Waals surface area contributed by atoms with E-state index in [-0.39, 0.29) is 5.48 Å². The summed E-state index contributed by atoms with van der Waals surface area (Å²) in [5.74, 6) is 0. The fraction of sp³-hybridized carbons (Fsp3) is 1.00. The topological polar surface area (TPSA) is 56.6 Å². The minimum Gasteiger partial charge on any atom is -0.412 e. The molecule has 6 unspecified atom stereocenters. The van der Waals surface area contributed by atoms with Crippen molar-refractivity contribution in [3.63, 3.8) is 0 Å². The first-order chi connectivity index (χ1) is 9.26. The summed E-state index contributed by atoms with van der Waals surface area (Å²) in [6, 6.07) is 2.99. The Kier molecular flexibility index (Phi) is 4.04. The van der Waals surface area contributed by atoms with Crippen molar-refractivity contribution in [1.29, 1.82) is 0 Å². The molecule has 2 aliphatic heterocycles. The Hall–Kier alpha value is 0.0969. The molecule has 4 fully saturated rings. The molecule has 116 valence electrons. The zero-order valence-electron chi connectivity index (χ0n) is 12.9. The van der Waals surface area contributed by atoms with E-state index < -0.39 is 8.07 Å². The first kappa shape index (κ1) is 15.0. The molecule has 0 aromatic rings. The van der Waals surface area contributed by atoms with E-state index in [1.807, 2.05) is 0 Å². The molecule has 2 saturated heterocycles. The second-order valence-corrected chi connectivity index (χ2v) is 12.9. The largest absolute Gasteiger partial charge is 0.412 e. The van der Waals surface area contributed by atoms with Gasteiger partial charge in [-0.05, 0) is 36.8 Å². The first-order valence-corrected chi connectivity index (χ1v) is 11.1. The highest BCUT2D eigenvalue weighted by atomic mass is 28.3. The van der Waals surface area contributed by atoms with Crippen molar-refractivity contribution in [2.24, 2.45) is 0 Å². The van der Waals surface area contributed by atoms with Crippen LogP contribution in [0.1, 0.15) is 52.4 Å². The van der Waals surface area contributed by atoms with Crippen LogP contribution in [0.15, 0.2) is 0 Å². The molecule has 20 heavy (non-hydrogen) atoms. The number of epoxide rings is 2. The van der Waals surface area contributed by atoms with Crippen molar-refractivity contribution >= 4 is 8.07 Å². The summed E-state index contributed by atoms with van der Waals surface area (Å²) >= 11 is 0. The third-order valence-corrected chi connectivity index (χ3v) is 13.9. The molecule has 2 heterocycles. The first-order valence-electron chi connectivity index (χ1n) is 8.57. The van der Waals surface area contributed by atoms with Gasteiger partial charge in [0.1, 0.15) is 0 Å². The highest BCUT2D eigenvalue weighted by molar-refractivity contribution is 6.82. The van der Waals surface area contributed by atoms with Gasteiger partial charge in [0.2, 0.25) is 0 Å². The van der Waals surface area contributed by atoms with Crippen molar-refractivity contribution in [3.8, 4) is 0 Å². The zero-order chi connectivity index (χ0) is 13.0. The van der Waals surface area contributed by atoms with Crippen LogP contribution < -0.4 is 0 Å². The van der Waals surface area contributed by atoms with Crippen LogP contribution in [0.4, 0.5) is 0 Å². The van der Waals surface area contributed by atoms with Gasteiger partial charge in [0, 0.05) is 0 Å². The Balaban J connectivity index is 0.00000121. The van der Waals surface area contributed by atoms with Crippen molar-refractivity contribution in [3.05, 3.63) is 0 Å². The molecule has 2 N–H and O–H groups in total. The van der Waals surface area contributed by atoms with Gasteiger partial charge >= 0.3 is 0 Å². The minimum absolute atomic E-state index is 0. The van der Waals surface area contributed by atoms with E-state index >= 15 is 0 Å². The monoisotopic (exact) mass is 298 g/mol. The van der Waals surface area contributed by atoms with Gasteiger partial charge in [-0.15, -0.1) is 0 Å². The summed E-state index contributed by atoms with van der Waals surface area (Å²) in [7, 11) is -1.13. The van der Waals surface area contributed by atoms with Crippen molar-refractivity contribution in [1.82, 2.24) is 0 Å². The maximum absolute atomic E-state index is 5.81. The van der Waals surface area contributed by atoms with Gasteiger partial charge in [0.15, 0.2) is 0 Å². The summed E-state index contributed by atoms with van der Waals surface area (Å²) < 4.78 is 11.6. The molecule has 0 bridgehead atoms. The lowest BCUT2D eigenvalue weighted by atomic mass is 9.99. The molecule has 0 aromatic carbocycles. The van der Waals surface area contributed by atoms with E-state index in [1.165, 1.54) is 50.6 Å². The van der Waals surface area contributed by atoms with Crippen LogP contribution in [0.5, 0.6) is 0 Å². The molecule has 0 aromatic heterocycles. The van der Waals surface area contributed by atoms with E-state index in [0.717, 1.165) is 11.1 Å². The van der Waals surface area contributed by atoms with Crippen molar-refractivity contribution in [2.75, 3.05) is 0 Å². The Bertz CT molecular complexity index is 328. The van der Waals surface area contributed by atoms with E-state index in [4.69, 9.17) is 9.47 Å². The zero-order valence-corrected chi connectivity index (χ0v) is 13.9. The smallest absolute Gasteiger partial charge is 0.0841 e. The molecule has 6 atom stereocenters. The SMILES string of the molecule is CC[Si](CC)(C1CCC2OC2C1)C1CCC2OC2C1.O. The molecule has 4 heteroatoms. The Morgan fingerprint density at radius 3 is 1.55 bits per heavy atom. The van der Waals surface area contributed by atoms with Crippen LogP contribution in [0.25, 0.3) is 0 Å². The average Bonchev–Trinajstić information content (AvgIpc) is 3.34. The summed E-state index contributed by atoms with van der Waals surface area (Å²) in [6.07, 6.45) is 11.1. The average molecular weight is 298 g/mol. The molecule has 2 aliphatic carbocycles. The van der Waals surface area contributed by atoms with Gasteiger partial charge < -0.3 is 14.9 Å². The summed E-state index contributed by atoms with van der Waals surface area (Å²) in [4.78, 5) is 0. The van der Waals surface area contributed by atoms with E-state index in [0.29, 0.717) is 24.4 Å². The van der Waals surface area contributed by atoms with Crippen LogP contribution in [-0.2, 0) is 9.47 Å². The third kappa shape index (κ3) is 2.29. The third-order valence-electron chi connectivity index (χ3n) is 6.95. The maximum Gasteiger partial charge on any atom is 0.0841 e. The molecular formula is C16H30O3Si. The van der Waals surface area contributed by atoms with Gasteiger partial charge in [-0.25, -0.2) is 0 Å². The second-order valence-electron chi connectivity index (χ2n) is 7.39. The van der Waals surface area contributed by atoms with Crippen molar-refractivity contribution in [2.45, 2.75) is 100.0 Å². The van der Waals surface area contributed by atoms with Crippen LogP contribution in [0.2, 0.25) is 23.2 Å². The lowest BCUT2D eigenvalue weighted by Crippen LogP contribution is -2.46. The van der Waals surface area contributed by atoms with Gasteiger partial charge in [-0.2, -0.15) is 0 Å². The van der Waals surface area contributed by atoms with Gasteiger partial charge in [-0.3, -0.25) is 0 Å². The van der Waals surface area contributed by atoms with E-state index in [1.54, 1.807) is 0 Å². The molecule has 4 aliphatic rings. The number of ether oxygens (including phenoxy) is 2. The number of hydrogen-bond donors (Lipinski definition) is 0. The molecule has 2 saturated carbocycles. The Morgan fingerprint density at radius 1 is 0.750 bits per heavy atom. The van der Waals surface area contributed by atoms with E-state index in [2.05, 4.69) is 13.8 Å². The Morgan fingerprint density at radius 2 is 1.20 bits per heavy atom. The number of rotatable bonds is 4. The van der Waals surface area contributed by atoms with Crippen LogP contribution >= 0.6 is 0 Å². The maximum atomic E-state index is 5.81. The van der Waals surface area contributed by atoms with Gasteiger partial charge in [-0.1, -0.05) is 38.8 Å². The van der Waals surface area contributed by atoms with Crippen LogP contribution in [0.3, 0.4) is 0 Å². The molecular weight excluding hydrogens is 268 g/mol.